The standard InChI is InChI=1S/C26H27F2N7O2/c1-33-20-9-7-18(24(34-12-11-15(29)13-34)22(20)31-25(33)14-5-6-14)30-26(37)19-8-10-21(36)35(32-19)23-16(27)3-2-4-17(23)28/h2-4,7-10,14-15,21,36H,5-6,11-13,29H2,1H3,(H,30,37)/t15-,21?/m0/s1. The van der Waals surface area contributed by atoms with Gasteiger partial charge < -0.3 is 25.6 Å². The number of hydrazone groups is 1. The van der Waals surface area contributed by atoms with E-state index in [0.717, 1.165) is 65.5 Å². The zero-order chi connectivity index (χ0) is 25.8. The molecule has 0 spiro atoms. The maximum absolute atomic E-state index is 14.4. The number of fused-ring (bicyclic) bond motifs is 1. The third-order valence-corrected chi connectivity index (χ3v) is 7.08. The van der Waals surface area contributed by atoms with Gasteiger partial charge in [-0.15, -0.1) is 0 Å². The summed E-state index contributed by atoms with van der Waals surface area (Å²) in [6, 6.07) is 7.10. The minimum atomic E-state index is -1.43. The molecule has 0 radical (unpaired) electrons. The minimum absolute atomic E-state index is 0.0155. The molecule has 2 fully saturated rings. The van der Waals surface area contributed by atoms with Gasteiger partial charge in [-0.2, -0.15) is 5.10 Å². The Morgan fingerprint density at radius 3 is 2.57 bits per heavy atom. The number of aliphatic hydroxyl groups excluding tert-OH is 1. The SMILES string of the molecule is Cn1c(C2CC2)nc2c(N3CC[C@H](N)C3)c(NC(=O)C3=NN(c4c(F)cccc4F)C(O)C=C3)ccc21. The van der Waals surface area contributed by atoms with Crippen LogP contribution in [0.3, 0.4) is 0 Å². The van der Waals surface area contributed by atoms with Crippen molar-refractivity contribution in [1.82, 2.24) is 9.55 Å². The van der Waals surface area contributed by atoms with Gasteiger partial charge in [-0.3, -0.25) is 4.79 Å². The van der Waals surface area contributed by atoms with Gasteiger partial charge in [-0.1, -0.05) is 6.07 Å². The molecule has 2 aliphatic heterocycles. The molecule has 0 bridgehead atoms. The van der Waals surface area contributed by atoms with E-state index in [0.29, 0.717) is 18.2 Å². The molecular formula is C26H27F2N7O2. The van der Waals surface area contributed by atoms with E-state index in [2.05, 4.69) is 19.9 Å². The molecule has 3 aliphatic rings. The predicted octanol–water partition coefficient (Wildman–Crippen LogP) is 2.96. The van der Waals surface area contributed by atoms with Crippen LogP contribution in [0, 0.1) is 11.6 Å². The second-order valence-corrected chi connectivity index (χ2v) is 9.75. The summed E-state index contributed by atoms with van der Waals surface area (Å²) in [5, 5.41) is 18.0. The molecule has 1 amide bonds. The summed E-state index contributed by atoms with van der Waals surface area (Å²) in [6.45, 7) is 1.36. The van der Waals surface area contributed by atoms with Crippen molar-refractivity contribution in [1.29, 1.82) is 0 Å². The van der Waals surface area contributed by atoms with E-state index < -0.39 is 29.5 Å². The van der Waals surface area contributed by atoms with Crippen LogP contribution in [0.1, 0.15) is 31.0 Å². The Morgan fingerprint density at radius 2 is 1.89 bits per heavy atom. The summed E-state index contributed by atoms with van der Waals surface area (Å²) in [6.07, 6.45) is 4.19. The molecule has 1 saturated carbocycles. The number of aromatic nitrogens is 2. The van der Waals surface area contributed by atoms with Gasteiger partial charge in [0.15, 0.2) is 17.9 Å². The number of nitrogens with two attached hydrogens (primary N) is 1. The fraction of sp³-hybridized carbons (Fsp3) is 0.346. The van der Waals surface area contributed by atoms with Crippen LogP contribution in [0.2, 0.25) is 0 Å². The molecule has 2 aromatic carbocycles. The maximum atomic E-state index is 14.4. The Balaban J connectivity index is 1.37. The number of aliphatic hydroxyl groups is 1. The van der Waals surface area contributed by atoms with E-state index in [-0.39, 0.29) is 11.8 Å². The zero-order valence-corrected chi connectivity index (χ0v) is 20.2. The van der Waals surface area contributed by atoms with Gasteiger partial charge in [-0.25, -0.2) is 18.8 Å². The number of amides is 1. The number of anilines is 3. The average molecular weight is 508 g/mol. The third kappa shape index (κ3) is 4.13. The Morgan fingerprint density at radius 1 is 1.14 bits per heavy atom. The number of carbonyl (C=O) groups is 1. The number of benzene rings is 2. The number of imidazole rings is 1. The van der Waals surface area contributed by atoms with Gasteiger partial charge in [0.05, 0.1) is 16.9 Å². The second kappa shape index (κ2) is 8.93. The molecule has 3 aromatic rings. The van der Waals surface area contributed by atoms with Crippen LogP contribution in [-0.2, 0) is 11.8 Å². The molecule has 2 atom stereocenters. The number of nitrogens with one attached hydrogen (secondary N) is 1. The Bertz CT molecular complexity index is 1440. The molecule has 1 unspecified atom stereocenters. The van der Waals surface area contributed by atoms with Gasteiger partial charge in [-0.05, 0) is 55.7 Å². The fourth-order valence-corrected chi connectivity index (χ4v) is 5.05. The molecule has 37 heavy (non-hydrogen) atoms. The topological polar surface area (TPSA) is 112 Å². The van der Waals surface area contributed by atoms with E-state index in [4.69, 9.17) is 10.7 Å². The first-order chi connectivity index (χ1) is 17.8. The molecule has 1 aliphatic carbocycles. The first-order valence-electron chi connectivity index (χ1n) is 12.3. The van der Waals surface area contributed by atoms with Crippen LogP contribution >= 0.6 is 0 Å². The van der Waals surface area contributed by atoms with Crippen LogP contribution in [0.15, 0.2) is 47.6 Å². The van der Waals surface area contributed by atoms with Crippen molar-refractivity contribution in [2.75, 3.05) is 28.3 Å². The number of halogens is 2. The van der Waals surface area contributed by atoms with E-state index in [1.54, 1.807) is 0 Å². The molecule has 9 nitrogen and oxygen atoms in total. The minimum Gasteiger partial charge on any atom is -0.368 e. The number of hydrogen-bond donors (Lipinski definition) is 3. The lowest BCUT2D eigenvalue weighted by molar-refractivity contribution is -0.110. The van der Waals surface area contributed by atoms with Gasteiger partial charge in [0.25, 0.3) is 5.91 Å². The molecular weight excluding hydrogens is 480 g/mol. The van der Waals surface area contributed by atoms with Gasteiger partial charge in [0.2, 0.25) is 0 Å². The van der Waals surface area contributed by atoms with Crippen molar-refractivity contribution in [3.8, 4) is 0 Å². The molecule has 6 rings (SSSR count). The number of carbonyl (C=O) groups excluding carboxylic acids is 1. The normalized spacial score (nSPS) is 21.6. The van der Waals surface area contributed by atoms with Crippen LogP contribution in [0.4, 0.5) is 25.8 Å². The lowest BCUT2D eigenvalue weighted by Crippen LogP contribution is -2.37. The molecule has 3 heterocycles. The summed E-state index contributed by atoms with van der Waals surface area (Å²) in [5.74, 6) is -0.927. The van der Waals surface area contributed by atoms with Gasteiger partial charge in [0.1, 0.15) is 22.7 Å². The number of nitrogens with zero attached hydrogens (tertiary/aromatic N) is 5. The van der Waals surface area contributed by atoms with Crippen LogP contribution in [0.25, 0.3) is 11.0 Å². The summed E-state index contributed by atoms with van der Waals surface area (Å²) >= 11 is 0. The van der Waals surface area contributed by atoms with Crippen LogP contribution < -0.4 is 21.0 Å². The Labute approximate surface area is 211 Å². The monoisotopic (exact) mass is 507 g/mol. The highest BCUT2D eigenvalue weighted by atomic mass is 19.1. The fourth-order valence-electron chi connectivity index (χ4n) is 5.05. The van der Waals surface area contributed by atoms with E-state index in [1.165, 1.54) is 18.2 Å². The number of para-hydroxylation sites is 1. The quantitative estimate of drug-likeness (QED) is 0.490. The number of hydrogen-bond acceptors (Lipinski definition) is 7. The summed E-state index contributed by atoms with van der Waals surface area (Å²) in [5.41, 5.74) is 8.64. The first kappa shape index (κ1) is 23.6. The predicted molar refractivity (Wildman–Crippen MR) is 138 cm³/mol. The first-order valence-corrected chi connectivity index (χ1v) is 12.3. The lowest BCUT2D eigenvalue weighted by Gasteiger charge is -2.27. The van der Waals surface area contributed by atoms with Crippen molar-refractivity contribution >= 4 is 39.7 Å². The van der Waals surface area contributed by atoms with Crippen LogP contribution in [-0.4, -0.2) is 51.6 Å². The van der Waals surface area contributed by atoms with Crippen molar-refractivity contribution in [3.05, 3.63) is 59.9 Å². The highest BCUT2D eigenvalue weighted by molar-refractivity contribution is 6.47. The average Bonchev–Trinajstić information content (AvgIpc) is 3.54. The number of rotatable bonds is 5. The van der Waals surface area contributed by atoms with E-state index in [1.807, 2.05) is 19.2 Å². The molecule has 4 N–H and O–H groups in total. The van der Waals surface area contributed by atoms with Crippen molar-refractivity contribution in [3.63, 3.8) is 0 Å². The third-order valence-electron chi connectivity index (χ3n) is 7.08. The highest BCUT2D eigenvalue weighted by Crippen LogP contribution is 2.43. The molecule has 1 saturated heterocycles. The van der Waals surface area contributed by atoms with Gasteiger partial charge in [0, 0.05) is 32.1 Å². The highest BCUT2D eigenvalue weighted by Gasteiger charge is 2.32. The maximum Gasteiger partial charge on any atom is 0.276 e. The summed E-state index contributed by atoms with van der Waals surface area (Å²) in [7, 11) is 2.00. The van der Waals surface area contributed by atoms with Crippen molar-refractivity contribution < 1.29 is 18.7 Å². The molecule has 192 valence electrons. The summed E-state index contributed by atoms with van der Waals surface area (Å²) in [4.78, 5) is 20.4. The van der Waals surface area contributed by atoms with Crippen molar-refractivity contribution in [2.24, 2.45) is 17.9 Å². The molecule has 11 heteroatoms. The summed E-state index contributed by atoms with van der Waals surface area (Å²) < 4.78 is 30.9. The zero-order valence-electron chi connectivity index (χ0n) is 20.2. The second-order valence-electron chi connectivity index (χ2n) is 9.75. The lowest BCUT2D eigenvalue weighted by atomic mass is 10.2. The number of aryl methyl sites for hydroxylation is 1. The Hall–Kier alpha value is -3.83. The smallest absolute Gasteiger partial charge is 0.276 e. The van der Waals surface area contributed by atoms with Gasteiger partial charge >= 0.3 is 0 Å². The van der Waals surface area contributed by atoms with E-state index >= 15 is 0 Å². The van der Waals surface area contributed by atoms with E-state index in [9.17, 15) is 18.7 Å². The largest absolute Gasteiger partial charge is 0.368 e. The van der Waals surface area contributed by atoms with Crippen LogP contribution in [0.5, 0.6) is 0 Å². The molecule has 1 aromatic heterocycles. The van der Waals surface area contributed by atoms with Crippen molar-refractivity contribution in [2.45, 2.75) is 37.5 Å². The Kier molecular flexibility index (Phi) is 5.68.